The number of ether oxygens (including phenoxy) is 1. The van der Waals surface area contributed by atoms with E-state index in [4.69, 9.17) is 16.3 Å². The van der Waals surface area contributed by atoms with Crippen LogP contribution >= 0.6 is 11.6 Å². The molecule has 3 nitrogen and oxygen atoms in total. The maximum atomic E-state index is 6.19. The Bertz CT molecular complexity index is 971. The minimum Gasteiger partial charge on any atom is -0.488 e. The number of rotatable bonds is 5. The molecule has 0 amide bonds. The lowest BCUT2D eigenvalue weighted by Gasteiger charge is -2.33. The molecule has 0 aliphatic carbocycles. The van der Waals surface area contributed by atoms with Gasteiger partial charge < -0.3 is 9.64 Å². The summed E-state index contributed by atoms with van der Waals surface area (Å²) in [6.45, 7) is 1.29. The molecule has 0 saturated heterocycles. The van der Waals surface area contributed by atoms with E-state index >= 15 is 0 Å². The summed E-state index contributed by atoms with van der Waals surface area (Å²) in [6.07, 6.45) is 2.24. The third-order valence-corrected chi connectivity index (χ3v) is 5.13. The van der Waals surface area contributed by atoms with E-state index in [0.29, 0.717) is 6.61 Å². The molecule has 4 heteroatoms. The monoisotopic (exact) mass is 390 g/mol. The highest BCUT2D eigenvalue weighted by Crippen LogP contribution is 2.33. The van der Waals surface area contributed by atoms with Gasteiger partial charge in [-0.2, -0.15) is 0 Å². The molecule has 0 spiro atoms. The maximum absolute atomic E-state index is 6.19. The minimum absolute atomic E-state index is 0.104. The summed E-state index contributed by atoms with van der Waals surface area (Å²) in [7, 11) is 2.08. The smallest absolute Gasteiger partial charge is 0.129 e. The van der Waals surface area contributed by atoms with E-state index in [-0.39, 0.29) is 6.04 Å². The predicted octanol–water partition coefficient (Wildman–Crippen LogP) is 5.49. The summed E-state index contributed by atoms with van der Waals surface area (Å²) in [5.41, 5.74) is 4.55. The van der Waals surface area contributed by atoms with Gasteiger partial charge in [0.25, 0.3) is 0 Å². The Kier molecular flexibility index (Phi) is 5.65. The van der Waals surface area contributed by atoms with Crippen molar-refractivity contribution in [1.29, 1.82) is 0 Å². The van der Waals surface area contributed by atoms with Gasteiger partial charge in [-0.05, 0) is 41.5 Å². The van der Waals surface area contributed by atoms with Gasteiger partial charge >= 0.3 is 0 Å². The van der Waals surface area contributed by atoms with Crippen molar-refractivity contribution >= 4 is 17.3 Å². The van der Waals surface area contributed by atoms with Gasteiger partial charge in [-0.1, -0.05) is 66.2 Å². The van der Waals surface area contributed by atoms with Gasteiger partial charge in [-0.3, -0.25) is 5.32 Å². The van der Waals surface area contributed by atoms with Crippen LogP contribution in [-0.4, -0.2) is 18.6 Å². The quantitative estimate of drug-likeness (QED) is 0.623. The Morgan fingerprint density at radius 3 is 2.61 bits per heavy atom. The fourth-order valence-electron chi connectivity index (χ4n) is 3.41. The lowest BCUT2D eigenvalue weighted by atomic mass is 10.0. The van der Waals surface area contributed by atoms with Crippen LogP contribution in [0.2, 0.25) is 5.02 Å². The highest BCUT2D eigenvalue weighted by Gasteiger charge is 2.21. The van der Waals surface area contributed by atoms with Crippen LogP contribution in [0.15, 0.2) is 84.9 Å². The van der Waals surface area contributed by atoms with Crippen LogP contribution in [0.1, 0.15) is 22.7 Å². The predicted molar refractivity (Wildman–Crippen MR) is 115 cm³/mol. The number of nitrogens with zero attached hydrogens (tertiary/aromatic N) is 1. The van der Waals surface area contributed by atoms with E-state index < -0.39 is 0 Å². The Morgan fingerprint density at radius 2 is 1.79 bits per heavy atom. The lowest BCUT2D eigenvalue weighted by molar-refractivity contribution is 0.303. The van der Waals surface area contributed by atoms with Gasteiger partial charge in [0, 0.05) is 23.3 Å². The van der Waals surface area contributed by atoms with E-state index in [1.54, 1.807) is 0 Å². The molecule has 0 bridgehead atoms. The van der Waals surface area contributed by atoms with Gasteiger partial charge in [0.15, 0.2) is 0 Å². The zero-order valence-electron chi connectivity index (χ0n) is 15.8. The van der Waals surface area contributed by atoms with E-state index in [2.05, 4.69) is 53.7 Å². The topological polar surface area (TPSA) is 24.5 Å². The van der Waals surface area contributed by atoms with E-state index in [0.717, 1.165) is 39.8 Å². The lowest BCUT2D eigenvalue weighted by Crippen LogP contribution is -2.37. The third-order valence-electron chi connectivity index (χ3n) is 4.89. The molecule has 1 aliphatic rings. The molecule has 0 saturated carbocycles. The average Bonchev–Trinajstić information content (AvgIpc) is 2.74. The molecule has 28 heavy (non-hydrogen) atoms. The molecule has 1 unspecified atom stereocenters. The Labute approximate surface area is 171 Å². The first kappa shape index (κ1) is 18.6. The third kappa shape index (κ3) is 4.22. The first-order chi connectivity index (χ1) is 13.7. The van der Waals surface area contributed by atoms with Gasteiger partial charge in [-0.15, -0.1) is 0 Å². The van der Waals surface area contributed by atoms with Crippen LogP contribution in [0.25, 0.3) is 5.70 Å². The molecule has 1 aliphatic heterocycles. The molecular formula is C24H23ClN2O. The van der Waals surface area contributed by atoms with E-state index in [1.807, 2.05) is 48.5 Å². The number of benzene rings is 3. The molecule has 0 fully saturated rings. The van der Waals surface area contributed by atoms with Crippen molar-refractivity contribution in [3.05, 3.63) is 107 Å². The fourth-order valence-corrected chi connectivity index (χ4v) is 3.61. The Morgan fingerprint density at radius 1 is 1.00 bits per heavy atom. The molecule has 3 aromatic carbocycles. The van der Waals surface area contributed by atoms with Crippen molar-refractivity contribution in [3.63, 3.8) is 0 Å². The molecule has 1 atom stereocenters. The van der Waals surface area contributed by atoms with Crippen LogP contribution in [-0.2, 0) is 6.61 Å². The second kappa shape index (κ2) is 8.51. The first-order valence-electron chi connectivity index (χ1n) is 9.38. The number of halogens is 1. The second-order valence-corrected chi connectivity index (χ2v) is 7.35. The second-order valence-electron chi connectivity index (χ2n) is 6.92. The Hall–Kier alpha value is -2.75. The molecule has 3 aromatic rings. The van der Waals surface area contributed by atoms with Crippen LogP contribution in [0.5, 0.6) is 5.75 Å². The summed E-state index contributed by atoms with van der Waals surface area (Å²) in [5.74, 6) is 0.885. The molecule has 4 rings (SSSR count). The van der Waals surface area contributed by atoms with Crippen LogP contribution in [0.4, 0.5) is 0 Å². The number of nitrogens with one attached hydrogen (secondary N) is 1. The maximum Gasteiger partial charge on any atom is 0.129 e. The largest absolute Gasteiger partial charge is 0.488 e. The van der Waals surface area contributed by atoms with Crippen LogP contribution in [0, 0.1) is 0 Å². The summed E-state index contributed by atoms with van der Waals surface area (Å²) in [5, 5.41) is 4.29. The van der Waals surface area contributed by atoms with Crippen molar-refractivity contribution < 1.29 is 4.74 Å². The minimum atomic E-state index is 0.104. The molecular weight excluding hydrogens is 368 g/mol. The summed E-state index contributed by atoms with van der Waals surface area (Å²) < 4.78 is 6.18. The molecule has 0 aromatic heterocycles. The molecule has 1 heterocycles. The fraction of sp³-hybridized carbons (Fsp3) is 0.167. The highest BCUT2D eigenvalue weighted by molar-refractivity contribution is 6.30. The van der Waals surface area contributed by atoms with E-state index in [9.17, 15) is 0 Å². The summed E-state index contributed by atoms with van der Waals surface area (Å²) >= 11 is 6.19. The first-order valence-corrected chi connectivity index (χ1v) is 9.76. The SMILES string of the molecule is CN1CNC(c2cccc(Cl)c2)C=C1c1ccccc1OCc1ccccc1. The van der Waals surface area contributed by atoms with Gasteiger partial charge in [-0.25, -0.2) is 0 Å². The normalized spacial score (nSPS) is 16.6. The van der Waals surface area contributed by atoms with Gasteiger partial charge in [0.05, 0.1) is 12.7 Å². The Balaban J connectivity index is 1.63. The van der Waals surface area contributed by atoms with Crippen molar-refractivity contribution in [1.82, 2.24) is 10.2 Å². The molecule has 142 valence electrons. The van der Waals surface area contributed by atoms with Crippen molar-refractivity contribution in [2.45, 2.75) is 12.6 Å². The standard InChI is InChI=1S/C24H23ClN2O/c1-27-17-26-22(19-10-7-11-20(25)14-19)15-23(27)21-12-5-6-13-24(21)28-16-18-8-3-2-4-9-18/h2-15,22,26H,16-17H2,1H3. The number of hydrogen-bond acceptors (Lipinski definition) is 3. The zero-order chi connectivity index (χ0) is 19.3. The average molecular weight is 391 g/mol. The van der Waals surface area contributed by atoms with E-state index in [1.165, 1.54) is 0 Å². The zero-order valence-corrected chi connectivity index (χ0v) is 16.6. The van der Waals surface area contributed by atoms with Crippen molar-refractivity contribution in [2.24, 2.45) is 0 Å². The summed E-state index contributed by atoms with van der Waals surface area (Å²) in [6, 6.07) is 26.5. The number of hydrogen-bond donors (Lipinski definition) is 1. The van der Waals surface area contributed by atoms with Gasteiger partial charge in [0.2, 0.25) is 0 Å². The van der Waals surface area contributed by atoms with Crippen LogP contribution in [0.3, 0.4) is 0 Å². The molecule has 1 N–H and O–H groups in total. The van der Waals surface area contributed by atoms with Crippen molar-refractivity contribution in [2.75, 3.05) is 13.7 Å². The summed E-state index contributed by atoms with van der Waals surface area (Å²) in [4.78, 5) is 2.20. The molecule has 0 radical (unpaired) electrons. The van der Waals surface area contributed by atoms with Crippen molar-refractivity contribution in [3.8, 4) is 5.75 Å². The highest BCUT2D eigenvalue weighted by atomic mass is 35.5. The number of para-hydroxylation sites is 1. The van der Waals surface area contributed by atoms with Gasteiger partial charge in [0.1, 0.15) is 12.4 Å². The van der Waals surface area contributed by atoms with Crippen LogP contribution < -0.4 is 10.1 Å².